The van der Waals surface area contributed by atoms with E-state index in [9.17, 15) is 4.79 Å². The van der Waals surface area contributed by atoms with E-state index in [0.29, 0.717) is 16.7 Å². The largest absolute Gasteiger partial charge is 0.342 e. The van der Waals surface area contributed by atoms with Crippen LogP contribution in [0.25, 0.3) is 0 Å². The number of likely N-dealkylation sites (tertiary alicyclic amines) is 1. The van der Waals surface area contributed by atoms with Gasteiger partial charge in [-0.3, -0.25) is 4.79 Å². The van der Waals surface area contributed by atoms with Crippen LogP contribution in [0.2, 0.25) is 0 Å². The smallest absolute Gasteiger partial charge is 0.226 e. The zero-order valence-corrected chi connectivity index (χ0v) is 11.3. The lowest BCUT2D eigenvalue weighted by atomic mass is 10.0. The number of rotatable bonds is 1. The summed E-state index contributed by atoms with van der Waals surface area (Å²) in [6.45, 7) is 1.95. The molecule has 1 amide bonds. The van der Waals surface area contributed by atoms with E-state index in [-0.39, 0.29) is 0 Å². The lowest BCUT2D eigenvalue weighted by Crippen LogP contribution is -2.40. The fourth-order valence-corrected chi connectivity index (χ4v) is 4.05. The zero-order valence-electron chi connectivity index (χ0n) is 9.70. The molecule has 3 fully saturated rings. The highest BCUT2D eigenvalue weighted by atomic mass is 79.9. The van der Waals surface area contributed by atoms with Crippen LogP contribution in [-0.2, 0) is 4.79 Å². The molecule has 0 aromatic rings. The van der Waals surface area contributed by atoms with Gasteiger partial charge in [-0.15, -0.1) is 0 Å². The maximum Gasteiger partial charge on any atom is 0.226 e. The molecule has 1 heterocycles. The Hall–Kier alpha value is -0.0500. The van der Waals surface area contributed by atoms with Gasteiger partial charge < -0.3 is 4.90 Å². The predicted octanol–water partition coefficient (Wildman–Crippen LogP) is 2.81. The molecule has 2 unspecified atom stereocenters. The Labute approximate surface area is 106 Å². The lowest BCUT2D eigenvalue weighted by Gasteiger charge is -2.29. The van der Waals surface area contributed by atoms with Crippen molar-refractivity contribution in [2.24, 2.45) is 17.8 Å². The van der Waals surface area contributed by atoms with Gasteiger partial charge in [0.1, 0.15) is 0 Å². The monoisotopic (exact) mass is 285 g/mol. The van der Waals surface area contributed by atoms with Crippen molar-refractivity contribution in [3.05, 3.63) is 0 Å². The normalized spacial score (nSPS) is 39.3. The SMILES string of the molecule is O=C(C1C2CCCCC21)N1CCC(Br)CC1. The second-order valence-electron chi connectivity index (χ2n) is 5.64. The highest BCUT2D eigenvalue weighted by Gasteiger charge is 2.55. The Morgan fingerprint density at radius 3 is 2.12 bits per heavy atom. The molecule has 3 aliphatic rings. The van der Waals surface area contributed by atoms with Gasteiger partial charge in [0.2, 0.25) is 5.91 Å². The first-order valence-corrected chi connectivity index (χ1v) is 7.62. The molecule has 2 saturated carbocycles. The molecule has 0 aromatic heterocycles. The van der Waals surface area contributed by atoms with Gasteiger partial charge in [-0.1, -0.05) is 28.8 Å². The summed E-state index contributed by atoms with van der Waals surface area (Å²) in [5, 5.41) is 0. The first kappa shape index (κ1) is 11.1. The van der Waals surface area contributed by atoms with Gasteiger partial charge in [0.25, 0.3) is 0 Å². The highest BCUT2D eigenvalue weighted by molar-refractivity contribution is 9.09. The van der Waals surface area contributed by atoms with Gasteiger partial charge in [-0.2, -0.15) is 0 Å². The second-order valence-corrected chi connectivity index (χ2v) is 6.93. The van der Waals surface area contributed by atoms with Crippen molar-refractivity contribution < 1.29 is 4.79 Å². The summed E-state index contributed by atoms with van der Waals surface area (Å²) < 4.78 is 0. The number of amides is 1. The quantitative estimate of drug-likeness (QED) is 0.679. The maximum absolute atomic E-state index is 12.3. The second kappa shape index (κ2) is 4.32. The van der Waals surface area contributed by atoms with E-state index in [2.05, 4.69) is 20.8 Å². The van der Waals surface area contributed by atoms with Crippen molar-refractivity contribution in [3.8, 4) is 0 Å². The van der Waals surface area contributed by atoms with Crippen LogP contribution in [0.3, 0.4) is 0 Å². The Morgan fingerprint density at radius 2 is 1.56 bits per heavy atom. The summed E-state index contributed by atoms with van der Waals surface area (Å²) in [5.41, 5.74) is 0. The van der Waals surface area contributed by atoms with E-state index >= 15 is 0 Å². The van der Waals surface area contributed by atoms with Gasteiger partial charge in [0.05, 0.1) is 0 Å². The van der Waals surface area contributed by atoms with Crippen LogP contribution in [0.15, 0.2) is 0 Å². The third-order valence-corrected chi connectivity index (χ3v) is 5.59. The van der Waals surface area contributed by atoms with E-state index in [1.165, 1.54) is 25.7 Å². The number of halogens is 1. The van der Waals surface area contributed by atoms with Gasteiger partial charge >= 0.3 is 0 Å². The average molecular weight is 286 g/mol. The Bertz CT molecular complexity index is 274. The van der Waals surface area contributed by atoms with Crippen LogP contribution in [0.4, 0.5) is 0 Å². The molecule has 0 radical (unpaired) electrons. The molecule has 2 atom stereocenters. The Kier molecular flexibility index (Phi) is 2.99. The number of piperidine rings is 1. The van der Waals surface area contributed by atoms with Crippen LogP contribution in [-0.4, -0.2) is 28.7 Å². The van der Waals surface area contributed by atoms with Gasteiger partial charge in [-0.05, 0) is 37.5 Å². The van der Waals surface area contributed by atoms with Crippen molar-refractivity contribution in [2.75, 3.05) is 13.1 Å². The minimum Gasteiger partial charge on any atom is -0.342 e. The molecular weight excluding hydrogens is 266 g/mol. The molecule has 0 N–H and O–H groups in total. The predicted molar refractivity (Wildman–Crippen MR) is 67.5 cm³/mol. The molecule has 1 saturated heterocycles. The third kappa shape index (κ3) is 1.92. The Balaban J connectivity index is 1.57. The summed E-state index contributed by atoms with van der Waals surface area (Å²) in [5.74, 6) is 2.44. The first-order chi connectivity index (χ1) is 7.77. The number of alkyl halides is 1. The number of carbonyl (C=O) groups is 1. The molecule has 3 heteroatoms. The number of nitrogens with zero attached hydrogens (tertiary/aromatic N) is 1. The number of hydrogen-bond acceptors (Lipinski definition) is 1. The summed E-state index contributed by atoms with van der Waals surface area (Å²) in [6.07, 6.45) is 7.61. The molecule has 2 aliphatic carbocycles. The standard InChI is InChI=1S/C13H20BrNO/c14-9-5-7-15(8-6-9)13(16)12-10-3-1-2-4-11(10)12/h9-12H,1-8H2. The molecule has 3 rings (SSSR count). The minimum absolute atomic E-state index is 0.425. The number of hydrogen-bond donors (Lipinski definition) is 0. The van der Waals surface area contributed by atoms with Crippen molar-refractivity contribution >= 4 is 21.8 Å². The van der Waals surface area contributed by atoms with Crippen LogP contribution in [0.5, 0.6) is 0 Å². The van der Waals surface area contributed by atoms with E-state index in [0.717, 1.165) is 37.8 Å². The summed E-state index contributed by atoms with van der Waals surface area (Å²) >= 11 is 3.64. The zero-order chi connectivity index (χ0) is 11.1. The molecule has 0 bridgehead atoms. The van der Waals surface area contributed by atoms with Gasteiger partial charge in [0.15, 0.2) is 0 Å². The first-order valence-electron chi connectivity index (χ1n) is 6.70. The molecule has 1 aliphatic heterocycles. The molecule has 0 spiro atoms. The number of fused-ring (bicyclic) bond motifs is 1. The fourth-order valence-electron chi connectivity index (χ4n) is 3.64. The van der Waals surface area contributed by atoms with E-state index in [1.807, 2.05) is 0 Å². The van der Waals surface area contributed by atoms with Crippen molar-refractivity contribution in [1.29, 1.82) is 0 Å². The summed E-state index contributed by atoms with van der Waals surface area (Å²) in [4.78, 5) is 15.1. The molecule has 90 valence electrons. The van der Waals surface area contributed by atoms with Crippen LogP contribution in [0.1, 0.15) is 38.5 Å². The molecule has 2 nitrogen and oxygen atoms in total. The third-order valence-electron chi connectivity index (χ3n) is 4.68. The van der Waals surface area contributed by atoms with E-state index < -0.39 is 0 Å². The minimum atomic E-state index is 0.425. The lowest BCUT2D eigenvalue weighted by molar-refractivity contribution is -0.134. The summed E-state index contributed by atoms with van der Waals surface area (Å²) in [6, 6.07) is 0. The Morgan fingerprint density at radius 1 is 1.00 bits per heavy atom. The number of carbonyl (C=O) groups excluding carboxylic acids is 1. The van der Waals surface area contributed by atoms with Crippen molar-refractivity contribution in [1.82, 2.24) is 4.90 Å². The van der Waals surface area contributed by atoms with Crippen molar-refractivity contribution in [3.63, 3.8) is 0 Å². The molecular formula is C13H20BrNO. The van der Waals surface area contributed by atoms with E-state index in [1.54, 1.807) is 0 Å². The van der Waals surface area contributed by atoms with Gasteiger partial charge in [-0.25, -0.2) is 0 Å². The van der Waals surface area contributed by atoms with Crippen LogP contribution < -0.4 is 0 Å². The van der Waals surface area contributed by atoms with Crippen LogP contribution in [0, 0.1) is 17.8 Å². The highest BCUT2D eigenvalue weighted by Crippen LogP contribution is 2.56. The van der Waals surface area contributed by atoms with Crippen molar-refractivity contribution in [2.45, 2.75) is 43.4 Å². The van der Waals surface area contributed by atoms with Gasteiger partial charge in [0, 0.05) is 23.8 Å². The average Bonchev–Trinajstić information content (AvgIpc) is 3.03. The van der Waals surface area contributed by atoms with E-state index in [4.69, 9.17) is 0 Å². The topological polar surface area (TPSA) is 20.3 Å². The molecule has 16 heavy (non-hydrogen) atoms. The fraction of sp³-hybridized carbons (Fsp3) is 0.923. The van der Waals surface area contributed by atoms with Crippen LogP contribution >= 0.6 is 15.9 Å². The maximum atomic E-state index is 12.3. The summed E-state index contributed by atoms with van der Waals surface area (Å²) in [7, 11) is 0. The molecule has 0 aromatic carbocycles.